The molecule has 0 aromatic rings. The van der Waals surface area contributed by atoms with Crippen molar-refractivity contribution < 1.29 is 54.2 Å². The van der Waals surface area contributed by atoms with Gasteiger partial charge >= 0.3 is 5.97 Å². The molecule has 0 saturated carbocycles. The molecule has 0 aromatic heterocycles. The summed E-state index contributed by atoms with van der Waals surface area (Å²) < 4.78 is 10.4. The van der Waals surface area contributed by atoms with Gasteiger partial charge in [-0.2, -0.15) is 0 Å². The fourth-order valence-electron chi connectivity index (χ4n) is 3.13. The van der Waals surface area contributed by atoms with Crippen LogP contribution >= 0.6 is 0 Å². The quantitative estimate of drug-likeness (QED) is 0.174. The number of hydrogen-bond donors (Lipinski definition) is 6. The summed E-state index contributed by atoms with van der Waals surface area (Å²) in [5.41, 5.74) is 0. The van der Waals surface area contributed by atoms with Gasteiger partial charge in [-0.1, -0.05) is 0 Å². The van der Waals surface area contributed by atoms with Crippen LogP contribution in [0.5, 0.6) is 0 Å². The number of carbonyl (C=O) groups excluding carboxylic acids is 3. The lowest BCUT2D eigenvalue weighted by atomic mass is 9.99. The lowest BCUT2D eigenvalue weighted by Crippen LogP contribution is -2.59. The van der Waals surface area contributed by atoms with Gasteiger partial charge in [0, 0.05) is 32.2 Å². The molecule has 31 heavy (non-hydrogen) atoms. The summed E-state index contributed by atoms with van der Waals surface area (Å²) in [6.45, 7) is -0.526. The molecule has 2 aliphatic heterocycles. The van der Waals surface area contributed by atoms with Gasteiger partial charge in [0.05, 0.1) is 13.2 Å². The van der Waals surface area contributed by atoms with E-state index in [9.17, 15) is 34.8 Å². The lowest BCUT2D eigenvalue weighted by molar-refractivity contribution is -0.300. The predicted molar refractivity (Wildman–Crippen MR) is 99.4 cm³/mol. The predicted octanol–water partition coefficient (Wildman–Crippen LogP) is -3.12. The fourth-order valence-corrected chi connectivity index (χ4v) is 3.13. The molecule has 0 aliphatic carbocycles. The van der Waals surface area contributed by atoms with Crippen molar-refractivity contribution in [3.8, 4) is 0 Å². The number of nitrogens with zero attached hydrogens (tertiary/aromatic N) is 1. The number of amides is 2. The van der Waals surface area contributed by atoms with E-state index in [-0.39, 0.29) is 44.7 Å². The molecule has 13 nitrogen and oxygen atoms in total. The SMILES string of the molecule is O=C(CCCCC(=O)ON1C(=O)CCC1O)NCCO[C@H]1O[C@H](CO)[C@@H](O)[C@H](O)[C@@H]1O. The average Bonchev–Trinajstić information content (AvgIpc) is 3.06. The van der Waals surface area contributed by atoms with Crippen LogP contribution in [-0.4, -0.2) is 105 Å². The first-order valence-corrected chi connectivity index (χ1v) is 10.1. The Bertz CT molecular complexity index is 617. The van der Waals surface area contributed by atoms with Crippen LogP contribution in [0.4, 0.5) is 0 Å². The van der Waals surface area contributed by atoms with Crippen molar-refractivity contribution in [3.63, 3.8) is 0 Å². The smallest absolute Gasteiger partial charge is 0.332 e. The third-order valence-corrected chi connectivity index (χ3v) is 4.92. The zero-order valence-electron chi connectivity index (χ0n) is 17.0. The van der Waals surface area contributed by atoms with Crippen LogP contribution in [0.25, 0.3) is 0 Å². The van der Waals surface area contributed by atoms with E-state index in [4.69, 9.17) is 19.4 Å². The first kappa shape index (κ1) is 25.4. The first-order chi connectivity index (χ1) is 14.7. The van der Waals surface area contributed by atoms with Gasteiger partial charge in [-0.05, 0) is 12.8 Å². The van der Waals surface area contributed by atoms with Gasteiger partial charge < -0.3 is 45.2 Å². The zero-order valence-corrected chi connectivity index (χ0v) is 17.0. The summed E-state index contributed by atoms with van der Waals surface area (Å²) in [6, 6.07) is 0. The van der Waals surface area contributed by atoms with Crippen LogP contribution in [0, 0.1) is 0 Å². The highest BCUT2D eigenvalue weighted by Gasteiger charge is 2.43. The highest BCUT2D eigenvalue weighted by Crippen LogP contribution is 2.21. The number of nitrogens with one attached hydrogen (secondary N) is 1. The molecule has 2 amide bonds. The van der Waals surface area contributed by atoms with E-state index >= 15 is 0 Å². The molecule has 13 heteroatoms. The van der Waals surface area contributed by atoms with E-state index in [0.717, 1.165) is 0 Å². The van der Waals surface area contributed by atoms with Crippen LogP contribution in [0.3, 0.4) is 0 Å². The lowest BCUT2D eigenvalue weighted by Gasteiger charge is -2.39. The Labute approximate surface area is 178 Å². The number of hydroxylamine groups is 2. The van der Waals surface area contributed by atoms with Crippen molar-refractivity contribution in [1.29, 1.82) is 0 Å². The normalized spacial score (nSPS) is 31.0. The minimum absolute atomic E-state index is 0.00992. The number of aliphatic hydroxyl groups excluding tert-OH is 5. The number of rotatable bonds is 11. The molecule has 0 spiro atoms. The number of hydrogen-bond acceptors (Lipinski definition) is 11. The second kappa shape index (κ2) is 12.2. The third-order valence-electron chi connectivity index (χ3n) is 4.92. The number of unbranched alkanes of at least 4 members (excludes halogenated alkanes) is 1. The summed E-state index contributed by atoms with van der Waals surface area (Å²) in [4.78, 5) is 39.7. The number of aliphatic hydroxyl groups is 5. The number of carbonyl (C=O) groups is 3. The monoisotopic (exact) mass is 450 g/mol. The fraction of sp³-hybridized carbons (Fsp3) is 0.833. The molecule has 2 saturated heterocycles. The van der Waals surface area contributed by atoms with E-state index in [1.165, 1.54) is 0 Å². The Balaban J connectivity index is 1.54. The van der Waals surface area contributed by atoms with Crippen molar-refractivity contribution in [2.75, 3.05) is 19.8 Å². The summed E-state index contributed by atoms with van der Waals surface area (Å²) in [7, 11) is 0. The van der Waals surface area contributed by atoms with E-state index in [0.29, 0.717) is 17.9 Å². The van der Waals surface area contributed by atoms with Crippen LogP contribution in [-0.2, 0) is 28.7 Å². The topological polar surface area (TPSA) is 195 Å². The van der Waals surface area contributed by atoms with Crippen LogP contribution in [0.1, 0.15) is 38.5 Å². The molecule has 2 aliphatic rings. The molecule has 178 valence electrons. The molecule has 2 heterocycles. The standard InChI is InChI=1S/C18H30N2O11/c21-9-10-15(26)16(27)17(28)18(30-10)29-8-7-19-11(22)3-1-2-4-14(25)31-20-12(23)5-6-13(20)24/h10,12,15-18,21,23,26-28H,1-9H2,(H,19,22)/t10-,12?,15-,16+,17+,18+/m1/s1. The van der Waals surface area contributed by atoms with Gasteiger partial charge in [-0.25, -0.2) is 4.79 Å². The second-order valence-corrected chi connectivity index (χ2v) is 7.33. The Morgan fingerprint density at radius 3 is 2.45 bits per heavy atom. The number of ether oxygens (including phenoxy) is 2. The molecule has 6 N–H and O–H groups in total. The van der Waals surface area contributed by atoms with E-state index in [1.807, 2.05) is 0 Å². The van der Waals surface area contributed by atoms with Gasteiger partial charge in [0.1, 0.15) is 24.4 Å². The van der Waals surface area contributed by atoms with Gasteiger partial charge in [-0.15, -0.1) is 5.06 Å². The molecule has 0 radical (unpaired) electrons. The Hall–Kier alpha value is -1.87. The zero-order chi connectivity index (χ0) is 23.0. The van der Waals surface area contributed by atoms with Gasteiger partial charge in [-0.3, -0.25) is 9.59 Å². The van der Waals surface area contributed by atoms with Gasteiger partial charge in [0.15, 0.2) is 12.5 Å². The Kier molecular flexibility index (Phi) is 10.0. The minimum atomic E-state index is -1.54. The summed E-state index contributed by atoms with van der Waals surface area (Å²) in [5, 5.41) is 51.1. The van der Waals surface area contributed by atoms with Crippen LogP contribution < -0.4 is 5.32 Å². The average molecular weight is 450 g/mol. The largest absolute Gasteiger partial charge is 0.394 e. The maximum Gasteiger partial charge on any atom is 0.332 e. The Morgan fingerprint density at radius 1 is 1.10 bits per heavy atom. The molecule has 6 atom stereocenters. The Morgan fingerprint density at radius 2 is 1.81 bits per heavy atom. The van der Waals surface area contributed by atoms with Crippen molar-refractivity contribution in [2.45, 2.75) is 75.5 Å². The maximum atomic E-state index is 11.8. The molecule has 1 unspecified atom stereocenters. The van der Waals surface area contributed by atoms with Crippen LogP contribution in [0.2, 0.25) is 0 Å². The van der Waals surface area contributed by atoms with E-state index in [2.05, 4.69) is 5.32 Å². The second-order valence-electron chi connectivity index (χ2n) is 7.33. The van der Waals surface area contributed by atoms with E-state index in [1.54, 1.807) is 0 Å². The molecular weight excluding hydrogens is 420 g/mol. The van der Waals surface area contributed by atoms with E-state index < -0.39 is 55.4 Å². The van der Waals surface area contributed by atoms with Crippen LogP contribution in [0.15, 0.2) is 0 Å². The minimum Gasteiger partial charge on any atom is -0.394 e. The summed E-state index contributed by atoms with van der Waals surface area (Å²) in [5.74, 6) is -1.41. The third kappa shape index (κ3) is 7.35. The van der Waals surface area contributed by atoms with Crippen molar-refractivity contribution in [2.24, 2.45) is 0 Å². The molecular formula is C18H30N2O11. The summed E-state index contributed by atoms with van der Waals surface area (Å²) >= 11 is 0. The summed E-state index contributed by atoms with van der Waals surface area (Å²) in [6.07, 6.45) is -6.77. The van der Waals surface area contributed by atoms with Crippen molar-refractivity contribution >= 4 is 17.8 Å². The highest BCUT2D eigenvalue weighted by molar-refractivity contribution is 5.80. The maximum absolute atomic E-state index is 11.8. The van der Waals surface area contributed by atoms with Gasteiger partial charge in [0.2, 0.25) is 5.91 Å². The first-order valence-electron chi connectivity index (χ1n) is 10.1. The molecule has 2 fully saturated rings. The van der Waals surface area contributed by atoms with Gasteiger partial charge in [0.25, 0.3) is 5.91 Å². The molecule has 0 aromatic carbocycles. The molecule has 0 bridgehead atoms. The highest BCUT2D eigenvalue weighted by atomic mass is 16.7. The molecule has 2 rings (SSSR count). The van der Waals surface area contributed by atoms with Crippen molar-refractivity contribution in [1.82, 2.24) is 10.4 Å². The van der Waals surface area contributed by atoms with Crippen molar-refractivity contribution in [3.05, 3.63) is 0 Å².